The summed E-state index contributed by atoms with van der Waals surface area (Å²) in [5.74, 6) is 1.34. The number of aromatic nitrogens is 1. The maximum absolute atomic E-state index is 5.44. The van der Waals surface area contributed by atoms with Crippen molar-refractivity contribution >= 4 is 0 Å². The van der Waals surface area contributed by atoms with Crippen LogP contribution in [0.5, 0.6) is 11.6 Å². The van der Waals surface area contributed by atoms with Crippen molar-refractivity contribution in [1.82, 2.24) is 4.98 Å². The van der Waals surface area contributed by atoms with E-state index in [0.29, 0.717) is 12.5 Å². The number of ether oxygens (including phenoxy) is 2. The zero-order chi connectivity index (χ0) is 7.68. The highest BCUT2D eigenvalue weighted by Gasteiger charge is 2.16. The molecule has 3 nitrogen and oxygen atoms in total. The number of fused-ring (bicyclic) bond motifs is 1. The molecule has 1 aliphatic rings. The van der Waals surface area contributed by atoms with Crippen LogP contribution in [0.15, 0.2) is 18.3 Å². The summed E-state index contributed by atoms with van der Waals surface area (Å²) in [4.78, 5) is 4.01. The minimum Gasteiger partial charge on any atom is -0.481 e. The molecule has 1 unspecified atom stereocenters. The summed E-state index contributed by atoms with van der Waals surface area (Å²) >= 11 is 0. The van der Waals surface area contributed by atoms with Crippen molar-refractivity contribution in [3.05, 3.63) is 18.3 Å². The molecule has 1 atom stereocenters. The van der Waals surface area contributed by atoms with Gasteiger partial charge in [-0.2, -0.15) is 0 Å². The lowest BCUT2D eigenvalue weighted by atomic mass is 10.3. The Morgan fingerprint density at radius 1 is 1.64 bits per heavy atom. The van der Waals surface area contributed by atoms with E-state index in [1.807, 2.05) is 19.1 Å². The molecule has 0 N–H and O–H groups in total. The molecule has 3 heteroatoms. The van der Waals surface area contributed by atoms with Gasteiger partial charge in [-0.1, -0.05) is 0 Å². The van der Waals surface area contributed by atoms with Crippen molar-refractivity contribution < 1.29 is 9.47 Å². The monoisotopic (exact) mass is 151 g/mol. The molecule has 2 heterocycles. The van der Waals surface area contributed by atoms with E-state index in [-0.39, 0.29) is 6.10 Å². The van der Waals surface area contributed by atoms with Crippen LogP contribution in [0.25, 0.3) is 0 Å². The first-order chi connectivity index (χ1) is 5.36. The minimum atomic E-state index is 0.131. The number of nitrogens with zero attached hydrogens (tertiary/aromatic N) is 1. The lowest BCUT2D eigenvalue weighted by Gasteiger charge is -2.22. The number of hydrogen-bond donors (Lipinski definition) is 0. The SMILES string of the molecule is CC1COc2ncccc2O1. The topological polar surface area (TPSA) is 31.4 Å². The zero-order valence-electron chi connectivity index (χ0n) is 6.28. The van der Waals surface area contributed by atoms with Crippen molar-refractivity contribution in [2.45, 2.75) is 13.0 Å². The van der Waals surface area contributed by atoms with E-state index >= 15 is 0 Å². The standard InChI is InChI=1S/C8H9NO2/c1-6-5-10-8-7(11-6)3-2-4-9-8/h2-4,6H,5H2,1H3. The van der Waals surface area contributed by atoms with Crippen molar-refractivity contribution in [1.29, 1.82) is 0 Å². The molecule has 0 saturated heterocycles. The van der Waals surface area contributed by atoms with E-state index in [1.54, 1.807) is 6.20 Å². The molecule has 0 aromatic carbocycles. The average Bonchev–Trinajstić information content (AvgIpc) is 2.04. The van der Waals surface area contributed by atoms with Crippen molar-refractivity contribution in [3.8, 4) is 11.6 Å². The van der Waals surface area contributed by atoms with Gasteiger partial charge in [-0.3, -0.25) is 0 Å². The number of pyridine rings is 1. The average molecular weight is 151 g/mol. The first-order valence-electron chi connectivity index (χ1n) is 3.61. The van der Waals surface area contributed by atoms with Crippen LogP contribution >= 0.6 is 0 Å². The van der Waals surface area contributed by atoms with Crippen LogP contribution in [-0.4, -0.2) is 17.7 Å². The predicted octanol–water partition coefficient (Wildman–Crippen LogP) is 1.24. The van der Waals surface area contributed by atoms with Crippen LogP contribution in [0, 0.1) is 0 Å². The second-order valence-corrected chi connectivity index (χ2v) is 2.55. The van der Waals surface area contributed by atoms with Gasteiger partial charge < -0.3 is 9.47 Å². The third-order valence-electron chi connectivity index (χ3n) is 1.52. The summed E-state index contributed by atoms with van der Waals surface area (Å²) in [7, 11) is 0. The van der Waals surface area contributed by atoms with Crippen LogP contribution in [0.1, 0.15) is 6.92 Å². The molecule has 0 spiro atoms. The number of rotatable bonds is 0. The van der Waals surface area contributed by atoms with Gasteiger partial charge in [-0.05, 0) is 19.1 Å². The lowest BCUT2D eigenvalue weighted by Crippen LogP contribution is -2.26. The van der Waals surface area contributed by atoms with Crippen LogP contribution in [-0.2, 0) is 0 Å². The van der Waals surface area contributed by atoms with Crippen LogP contribution in [0.3, 0.4) is 0 Å². The van der Waals surface area contributed by atoms with E-state index in [2.05, 4.69) is 4.98 Å². The molecule has 2 rings (SSSR count). The Labute approximate surface area is 65.0 Å². The van der Waals surface area contributed by atoms with Gasteiger partial charge in [0, 0.05) is 6.20 Å². The maximum atomic E-state index is 5.44. The minimum absolute atomic E-state index is 0.131. The van der Waals surface area contributed by atoms with Gasteiger partial charge in [0.1, 0.15) is 12.7 Å². The Kier molecular flexibility index (Phi) is 1.42. The van der Waals surface area contributed by atoms with Gasteiger partial charge in [0.2, 0.25) is 0 Å². The third-order valence-corrected chi connectivity index (χ3v) is 1.52. The number of hydrogen-bond acceptors (Lipinski definition) is 3. The zero-order valence-corrected chi connectivity index (χ0v) is 6.28. The normalized spacial score (nSPS) is 21.4. The molecule has 0 radical (unpaired) electrons. The molecule has 1 aromatic rings. The fourth-order valence-electron chi connectivity index (χ4n) is 1.02. The molecule has 1 aromatic heterocycles. The quantitative estimate of drug-likeness (QED) is 0.559. The predicted molar refractivity (Wildman–Crippen MR) is 39.8 cm³/mol. The van der Waals surface area contributed by atoms with E-state index in [4.69, 9.17) is 9.47 Å². The van der Waals surface area contributed by atoms with E-state index in [0.717, 1.165) is 5.75 Å². The van der Waals surface area contributed by atoms with Gasteiger partial charge in [0.05, 0.1) is 0 Å². The van der Waals surface area contributed by atoms with Gasteiger partial charge in [-0.25, -0.2) is 4.98 Å². The first-order valence-corrected chi connectivity index (χ1v) is 3.61. The van der Waals surface area contributed by atoms with Crippen LogP contribution in [0.2, 0.25) is 0 Å². The van der Waals surface area contributed by atoms with Gasteiger partial charge in [-0.15, -0.1) is 0 Å². The molecule has 0 amide bonds. The van der Waals surface area contributed by atoms with Gasteiger partial charge >= 0.3 is 0 Å². The molecule has 0 bridgehead atoms. The Balaban J connectivity index is 2.34. The summed E-state index contributed by atoms with van der Waals surface area (Å²) in [6.07, 6.45) is 1.82. The van der Waals surface area contributed by atoms with Crippen LogP contribution in [0.4, 0.5) is 0 Å². The van der Waals surface area contributed by atoms with E-state index in [1.165, 1.54) is 0 Å². The Bertz CT molecular complexity index is 262. The van der Waals surface area contributed by atoms with Crippen molar-refractivity contribution in [3.63, 3.8) is 0 Å². The Morgan fingerprint density at radius 3 is 3.45 bits per heavy atom. The Hall–Kier alpha value is -1.25. The second-order valence-electron chi connectivity index (χ2n) is 2.55. The van der Waals surface area contributed by atoms with Crippen molar-refractivity contribution in [2.24, 2.45) is 0 Å². The van der Waals surface area contributed by atoms with Gasteiger partial charge in [0.25, 0.3) is 5.88 Å². The van der Waals surface area contributed by atoms with Crippen LogP contribution < -0.4 is 9.47 Å². The highest BCUT2D eigenvalue weighted by molar-refractivity contribution is 5.33. The summed E-state index contributed by atoms with van der Waals surface area (Å²) in [5.41, 5.74) is 0. The summed E-state index contributed by atoms with van der Waals surface area (Å²) < 4.78 is 10.7. The second kappa shape index (κ2) is 2.42. The Morgan fingerprint density at radius 2 is 2.55 bits per heavy atom. The molecular weight excluding hydrogens is 142 g/mol. The largest absolute Gasteiger partial charge is 0.481 e. The molecule has 11 heavy (non-hydrogen) atoms. The maximum Gasteiger partial charge on any atom is 0.257 e. The fraction of sp³-hybridized carbons (Fsp3) is 0.375. The summed E-state index contributed by atoms with van der Waals surface area (Å²) in [6, 6.07) is 3.69. The van der Waals surface area contributed by atoms with E-state index < -0.39 is 0 Å². The highest BCUT2D eigenvalue weighted by atomic mass is 16.6. The van der Waals surface area contributed by atoms with Gasteiger partial charge in [0.15, 0.2) is 5.75 Å². The fourth-order valence-corrected chi connectivity index (χ4v) is 1.02. The van der Waals surface area contributed by atoms with Crippen molar-refractivity contribution in [2.75, 3.05) is 6.61 Å². The summed E-state index contributed by atoms with van der Waals surface area (Å²) in [6.45, 7) is 2.56. The summed E-state index contributed by atoms with van der Waals surface area (Å²) in [5, 5.41) is 0. The smallest absolute Gasteiger partial charge is 0.257 e. The molecular formula is C8H9NO2. The molecule has 1 aliphatic heterocycles. The first kappa shape index (κ1) is 6.46. The molecule has 0 aliphatic carbocycles. The molecule has 0 saturated carbocycles. The lowest BCUT2D eigenvalue weighted by molar-refractivity contribution is 0.0988. The van der Waals surface area contributed by atoms with E-state index in [9.17, 15) is 0 Å². The highest BCUT2D eigenvalue weighted by Crippen LogP contribution is 2.27. The molecule has 58 valence electrons. The molecule has 0 fully saturated rings. The third kappa shape index (κ3) is 1.13.